The van der Waals surface area contributed by atoms with Crippen LogP contribution in [-0.4, -0.2) is 9.38 Å². The molecule has 2 nitrogen and oxygen atoms in total. The molecule has 0 N–H and O–H groups in total. The SMILES string of the molecule is Brc1ccc2nc(-c3ccccc3)c(Cc3ccsc3)n2c1. The van der Waals surface area contributed by atoms with Crippen molar-refractivity contribution in [3.63, 3.8) is 0 Å². The van der Waals surface area contributed by atoms with Crippen LogP contribution in [0.1, 0.15) is 11.3 Å². The van der Waals surface area contributed by atoms with Crippen LogP contribution >= 0.6 is 27.3 Å². The van der Waals surface area contributed by atoms with E-state index in [0.29, 0.717) is 0 Å². The molecule has 4 aromatic rings. The summed E-state index contributed by atoms with van der Waals surface area (Å²) in [6.45, 7) is 0. The monoisotopic (exact) mass is 368 g/mol. The molecule has 0 unspecified atom stereocenters. The molecule has 0 fully saturated rings. The van der Waals surface area contributed by atoms with Crippen LogP contribution in [0.25, 0.3) is 16.9 Å². The fourth-order valence-electron chi connectivity index (χ4n) is 2.65. The summed E-state index contributed by atoms with van der Waals surface area (Å²) in [5.41, 5.74) is 5.74. The topological polar surface area (TPSA) is 17.3 Å². The highest BCUT2D eigenvalue weighted by atomic mass is 79.9. The average Bonchev–Trinajstić information content (AvgIpc) is 3.17. The molecule has 22 heavy (non-hydrogen) atoms. The maximum atomic E-state index is 4.85. The molecular weight excluding hydrogens is 356 g/mol. The van der Waals surface area contributed by atoms with Crippen molar-refractivity contribution in [1.82, 2.24) is 9.38 Å². The van der Waals surface area contributed by atoms with E-state index in [1.165, 1.54) is 11.3 Å². The molecule has 0 aliphatic rings. The van der Waals surface area contributed by atoms with Crippen LogP contribution in [0.4, 0.5) is 0 Å². The van der Waals surface area contributed by atoms with Crippen molar-refractivity contribution in [3.05, 3.63) is 81.2 Å². The van der Waals surface area contributed by atoms with Crippen molar-refractivity contribution < 1.29 is 0 Å². The highest BCUT2D eigenvalue weighted by molar-refractivity contribution is 9.10. The van der Waals surface area contributed by atoms with Gasteiger partial charge < -0.3 is 4.40 Å². The Morgan fingerprint density at radius 2 is 1.91 bits per heavy atom. The highest BCUT2D eigenvalue weighted by Crippen LogP contribution is 2.28. The average molecular weight is 369 g/mol. The van der Waals surface area contributed by atoms with Gasteiger partial charge in [-0.3, -0.25) is 0 Å². The van der Waals surface area contributed by atoms with E-state index in [0.717, 1.165) is 27.8 Å². The first-order valence-electron chi connectivity index (χ1n) is 7.04. The largest absolute Gasteiger partial charge is 0.302 e. The second-order valence-corrected chi connectivity index (χ2v) is 6.85. The summed E-state index contributed by atoms with van der Waals surface area (Å²) >= 11 is 5.30. The highest BCUT2D eigenvalue weighted by Gasteiger charge is 2.14. The molecule has 108 valence electrons. The molecule has 3 heterocycles. The minimum absolute atomic E-state index is 0.880. The van der Waals surface area contributed by atoms with E-state index in [2.05, 4.69) is 67.6 Å². The lowest BCUT2D eigenvalue weighted by Crippen LogP contribution is -1.95. The second kappa shape index (κ2) is 5.71. The normalized spacial score (nSPS) is 11.1. The van der Waals surface area contributed by atoms with Crippen LogP contribution in [0.15, 0.2) is 70.0 Å². The number of halogens is 1. The molecule has 0 aliphatic carbocycles. The molecule has 0 amide bonds. The Morgan fingerprint density at radius 3 is 2.68 bits per heavy atom. The van der Waals surface area contributed by atoms with Crippen molar-refractivity contribution in [2.75, 3.05) is 0 Å². The summed E-state index contributed by atoms with van der Waals surface area (Å²) in [5.74, 6) is 0. The van der Waals surface area contributed by atoms with Crippen LogP contribution < -0.4 is 0 Å². The third-order valence-electron chi connectivity index (χ3n) is 3.68. The summed E-state index contributed by atoms with van der Waals surface area (Å²) in [6, 6.07) is 16.7. The van der Waals surface area contributed by atoms with Crippen LogP contribution in [-0.2, 0) is 6.42 Å². The number of pyridine rings is 1. The van der Waals surface area contributed by atoms with E-state index in [1.807, 2.05) is 18.2 Å². The molecular formula is C18H13BrN2S. The summed E-state index contributed by atoms with van der Waals surface area (Å²) in [5, 5.41) is 4.32. The van der Waals surface area contributed by atoms with Gasteiger partial charge in [0.25, 0.3) is 0 Å². The van der Waals surface area contributed by atoms with E-state index in [1.54, 1.807) is 11.3 Å². The smallest absolute Gasteiger partial charge is 0.137 e. The molecule has 0 bridgehead atoms. The van der Waals surface area contributed by atoms with Gasteiger partial charge >= 0.3 is 0 Å². The number of fused-ring (bicyclic) bond motifs is 1. The summed E-state index contributed by atoms with van der Waals surface area (Å²) < 4.78 is 3.24. The van der Waals surface area contributed by atoms with E-state index in [-0.39, 0.29) is 0 Å². The van der Waals surface area contributed by atoms with E-state index >= 15 is 0 Å². The van der Waals surface area contributed by atoms with Crippen molar-refractivity contribution in [2.24, 2.45) is 0 Å². The molecule has 4 rings (SSSR count). The van der Waals surface area contributed by atoms with E-state index < -0.39 is 0 Å². The number of thiophene rings is 1. The van der Waals surface area contributed by atoms with Gasteiger partial charge in [-0.2, -0.15) is 11.3 Å². The number of hydrogen-bond donors (Lipinski definition) is 0. The van der Waals surface area contributed by atoms with E-state index in [9.17, 15) is 0 Å². The fourth-order valence-corrected chi connectivity index (χ4v) is 3.66. The van der Waals surface area contributed by atoms with Crippen LogP contribution in [0.2, 0.25) is 0 Å². The molecule has 0 saturated heterocycles. The van der Waals surface area contributed by atoms with E-state index in [4.69, 9.17) is 4.98 Å². The number of imidazole rings is 1. The first kappa shape index (κ1) is 13.7. The van der Waals surface area contributed by atoms with Gasteiger partial charge in [0.2, 0.25) is 0 Å². The number of benzene rings is 1. The zero-order valence-electron chi connectivity index (χ0n) is 11.7. The molecule has 0 radical (unpaired) electrons. The first-order chi connectivity index (χ1) is 10.8. The Kier molecular flexibility index (Phi) is 3.56. The standard InChI is InChI=1S/C18H13BrN2S/c19-15-6-7-17-20-18(14-4-2-1-3-5-14)16(21(17)11-15)10-13-8-9-22-12-13/h1-9,11-12H,10H2. The molecule has 0 spiro atoms. The Morgan fingerprint density at radius 1 is 1.05 bits per heavy atom. The molecule has 0 aliphatic heterocycles. The molecule has 0 saturated carbocycles. The van der Waals surface area contributed by atoms with Gasteiger partial charge in [-0.15, -0.1) is 0 Å². The maximum Gasteiger partial charge on any atom is 0.137 e. The number of aromatic nitrogens is 2. The zero-order chi connectivity index (χ0) is 14.9. The lowest BCUT2D eigenvalue weighted by atomic mass is 10.1. The summed E-state index contributed by atoms with van der Waals surface area (Å²) in [7, 11) is 0. The fraction of sp³-hybridized carbons (Fsp3) is 0.0556. The van der Waals surface area contributed by atoms with Crippen molar-refractivity contribution >= 4 is 32.9 Å². The Hall–Kier alpha value is -1.91. The van der Waals surface area contributed by atoms with Crippen molar-refractivity contribution in [1.29, 1.82) is 0 Å². The number of rotatable bonds is 3. The predicted octanol–water partition coefficient (Wildman–Crippen LogP) is 5.42. The molecule has 0 atom stereocenters. The van der Waals surface area contributed by atoms with Crippen LogP contribution in [0.3, 0.4) is 0 Å². The Balaban J connectivity index is 1.95. The third kappa shape index (κ3) is 2.49. The van der Waals surface area contributed by atoms with Gasteiger partial charge in [-0.25, -0.2) is 4.98 Å². The Bertz CT molecular complexity index is 911. The predicted molar refractivity (Wildman–Crippen MR) is 95.5 cm³/mol. The zero-order valence-corrected chi connectivity index (χ0v) is 14.1. The van der Waals surface area contributed by atoms with Gasteiger partial charge in [-0.1, -0.05) is 30.3 Å². The second-order valence-electron chi connectivity index (χ2n) is 5.16. The van der Waals surface area contributed by atoms with Gasteiger partial charge in [-0.05, 0) is 50.5 Å². The van der Waals surface area contributed by atoms with Gasteiger partial charge in [0.15, 0.2) is 0 Å². The minimum atomic E-state index is 0.880. The van der Waals surface area contributed by atoms with Crippen LogP contribution in [0, 0.1) is 0 Å². The molecule has 4 heteroatoms. The Labute approximate surface area is 141 Å². The lowest BCUT2D eigenvalue weighted by Gasteiger charge is -2.05. The van der Waals surface area contributed by atoms with Gasteiger partial charge in [0, 0.05) is 22.7 Å². The molecule has 1 aromatic carbocycles. The number of hydrogen-bond acceptors (Lipinski definition) is 2. The summed E-state index contributed by atoms with van der Waals surface area (Å²) in [4.78, 5) is 4.85. The quantitative estimate of drug-likeness (QED) is 0.472. The molecule has 3 aromatic heterocycles. The van der Waals surface area contributed by atoms with Crippen LogP contribution in [0.5, 0.6) is 0 Å². The maximum absolute atomic E-state index is 4.85. The van der Waals surface area contributed by atoms with Crippen molar-refractivity contribution in [3.8, 4) is 11.3 Å². The van der Waals surface area contributed by atoms with Crippen molar-refractivity contribution in [2.45, 2.75) is 6.42 Å². The van der Waals surface area contributed by atoms with Gasteiger partial charge in [0.05, 0.1) is 11.4 Å². The minimum Gasteiger partial charge on any atom is -0.302 e. The lowest BCUT2D eigenvalue weighted by molar-refractivity contribution is 1.03. The number of nitrogens with zero attached hydrogens (tertiary/aromatic N) is 2. The van der Waals surface area contributed by atoms with Gasteiger partial charge in [0.1, 0.15) is 5.65 Å². The first-order valence-corrected chi connectivity index (χ1v) is 8.78. The third-order valence-corrected chi connectivity index (χ3v) is 4.88. The summed E-state index contributed by atoms with van der Waals surface area (Å²) in [6.07, 6.45) is 2.97.